The summed E-state index contributed by atoms with van der Waals surface area (Å²) in [6.45, 7) is 16.2. The largest absolute Gasteiger partial charge is 0.360 e. The van der Waals surface area contributed by atoms with Crippen LogP contribution >= 0.6 is 11.3 Å². The Kier molecular flexibility index (Phi) is 7.07. The van der Waals surface area contributed by atoms with Crippen LogP contribution in [0.2, 0.25) is 25.7 Å². The van der Waals surface area contributed by atoms with Crippen molar-refractivity contribution in [3.63, 3.8) is 0 Å². The van der Waals surface area contributed by atoms with Gasteiger partial charge < -0.3 is 14.1 Å². The van der Waals surface area contributed by atoms with E-state index in [2.05, 4.69) is 34.7 Å². The van der Waals surface area contributed by atoms with Gasteiger partial charge in [-0.3, -0.25) is 4.79 Å². The van der Waals surface area contributed by atoms with E-state index in [4.69, 9.17) is 16.3 Å². The molecule has 208 valence electrons. The van der Waals surface area contributed by atoms with Crippen LogP contribution in [0.5, 0.6) is 0 Å². The molecule has 6 aromatic rings. The first-order valence-electron chi connectivity index (χ1n) is 13.5. The number of hydrogen-bond donors (Lipinski definition) is 0. The molecule has 11 heteroatoms. The van der Waals surface area contributed by atoms with Gasteiger partial charge in [0.15, 0.2) is 10.7 Å². The van der Waals surface area contributed by atoms with E-state index < -0.39 is 14.1 Å². The average Bonchev–Trinajstić information content (AvgIpc) is 3.64. The second kappa shape index (κ2) is 10.7. The summed E-state index contributed by atoms with van der Waals surface area (Å²) in [6.07, 6.45) is 3.58. The molecule has 0 aliphatic carbocycles. The summed E-state index contributed by atoms with van der Waals surface area (Å²) in [5, 5.41) is 11.6. The fourth-order valence-corrected chi connectivity index (χ4v) is 6.97. The van der Waals surface area contributed by atoms with Gasteiger partial charge in [-0.25, -0.2) is 20.9 Å². The summed E-state index contributed by atoms with van der Waals surface area (Å²) in [6, 6.07) is 16.3. The minimum Gasteiger partial charge on any atom is -0.360 e. The maximum absolute atomic E-state index is 13.7. The fourth-order valence-electron chi connectivity index (χ4n) is 5.04. The predicted molar refractivity (Wildman–Crippen MR) is 166 cm³/mol. The molecule has 1 atom stereocenters. The van der Waals surface area contributed by atoms with Gasteiger partial charge >= 0.3 is 0 Å². The molecule has 41 heavy (non-hydrogen) atoms. The summed E-state index contributed by atoms with van der Waals surface area (Å²) < 4.78 is 12.0. The first-order chi connectivity index (χ1) is 19.7. The van der Waals surface area contributed by atoms with Crippen LogP contribution in [0.1, 0.15) is 22.2 Å². The molecule has 0 N–H and O–H groups in total. The van der Waals surface area contributed by atoms with Gasteiger partial charge in [0, 0.05) is 38.1 Å². The molecule has 1 unspecified atom stereocenters. The molecule has 9 nitrogen and oxygen atoms in total. The van der Waals surface area contributed by atoms with Crippen LogP contribution in [-0.2, 0) is 25.1 Å². The summed E-state index contributed by atoms with van der Waals surface area (Å²) in [7, 11) is 0.694. The number of ether oxygens (including phenoxy) is 1. The summed E-state index contributed by atoms with van der Waals surface area (Å²) in [5.41, 5.74) is 3.90. The zero-order valence-electron chi connectivity index (χ0n) is 23.5. The minimum absolute atomic E-state index is 0.180. The molecule has 0 aliphatic rings. The molecule has 0 radical (unpaired) electrons. The van der Waals surface area contributed by atoms with Crippen LogP contribution in [0.3, 0.4) is 0 Å². The van der Waals surface area contributed by atoms with Gasteiger partial charge in [0.25, 0.3) is 11.6 Å². The van der Waals surface area contributed by atoms with Crippen molar-refractivity contribution in [2.24, 2.45) is 7.05 Å². The van der Waals surface area contributed by atoms with E-state index in [0.717, 1.165) is 44.8 Å². The molecule has 0 saturated heterocycles. The van der Waals surface area contributed by atoms with Crippen molar-refractivity contribution in [2.45, 2.75) is 45.0 Å². The van der Waals surface area contributed by atoms with E-state index in [9.17, 15) is 4.79 Å². The second-order valence-electron chi connectivity index (χ2n) is 11.4. The Bertz CT molecular complexity index is 1980. The third-order valence-corrected chi connectivity index (χ3v) is 10.2. The maximum Gasteiger partial charge on any atom is 0.299 e. The highest BCUT2D eigenvalue weighted by Gasteiger charge is 2.26. The van der Waals surface area contributed by atoms with Crippen LogP contribution in [-0.4, -0.2) is 43.8 Å². The first kappa shape index (κ1) is 27.1. The quantitative estimate of drug-likeness (QED) is 0.118. The molecule has 0 aliphatic heterocycles. The molecule has 2 aromatic carbocycles. The number of hydrogen-bond acceptors (Lipinski definition) is 6. The van der Waals surface area contributed by atoms with Crippen molar-refractivity contribution < 1.29 is 4.74 Å². The number of aromatic nitrogens is 6. The van der Waals surface area contributed by atoms with Crippen molar-refractivity contribution in [3.8, 4) is 0 Å². The topological polar surface area (TPSA) is 84.1 Å². The van der Waals surface area contributed by atoms with E-state index in [1.54, 1.807) is 6.20 Å². The minimum atomic E-state index is -1.16. The summed E-state index contributed by atoms with van der Waals surface area (Å²) >= 11 is 1.45. The Morgan fingerprint density at radius 2 is 1.78 bits per heavy atom. The molecular weight excluding hydrogens is 551 g/mol. The number of rotatable bonds is 9. The lowest BCUT2D eigenvalue weighted by atomic mass is 10.1. The van der Waals surface area contributed by atoms with Crippen molar-refractivity contribution in [3.05, 3.63) is 98.8 Å². The molecule has 4 heterocycles. The molecule has 0 saturated carbocycles. The van der Waals surface area contributed by atoms with Crippen molar-refractivity contribution in [1.29, 1.82) is 0 Å². The van der Waals surface area contributed by atoms with Gasteiger partial charge in [-0.15, -0.1) is 11.3 Å². The number of benzene rings is 2. The van der Waals surface area contributed by atoms with E-state index >= 15 is 0 Å². The highest BCUT2D eigenvalue weighted by atomic mass is 32.1. The number of nitrogens with zero attached hydrogens (tertiary/aromatic N) is 7. The second-order valence-corrected chi connectivity index (χ2v) is 18.1. The van der Waals surface area contributed by atoms with E-state index in [-0.39, 0.29) is 5.56 Å². The molecule has 4 aromatic heterocycles. The van der Waals surface area contributed by atoms with Gasteiger partial charge in [-0.1, -0.05) is 62.1 Å². The standard InChI is InChI=1S/C30H31N7O2SSi/c1-31-25(20-10-7-6-8-11-20)29-34-28-27(40-29)23-17-32-36(30(38)26(23)35(28)2)18-21-12-9-13-24-22(21)16-33-37(24)19-39-14-15-41(3,4)5/h6-13,16-17,25H,14-15,18-19H2,2-5H3. The normalized spacial score (nSPS) is 12.9. The monoisotopic (exact) mass is 581 g/mol. The lowest BCUT2D eigenvalue weighted by Gasteiger charge is -2.15. The Labute approximate surface area is 242 Å². The van der Waals surface area contributed by atoms with Gasteiger partial charge in [0.05, 0.1) is 29.2 Å². The lowest BCUT2D eigenvalue weighted by Crippen LogP contribution is -2.24. The number of thiazole rings is 1. The van der Waals surface area contributed by atoms with Gasteiger partial charge in [-0.2, -0.15) is 10.2 Å². The smallest absolute Gasteiger partial charge is 0.299 e. The van der Waals surface area contributed by atoms with Crippen LogP contribution in [0.4, 0.5) is 0 Å². The lowest BCUT2D eigenvalue weighted by molar-refractivity contribution is 0.0817. The zero-order chi connectivity index (χ0) is 28.7. The van der Waals surface area contributed by atoms with Crippen LogP contribution in [0.25, 0.3) is 37.0 Å². The molecule has 0 amide bonds. The Hall–Kier alpha value is -4.11. The van der Waals surface area contributed by atoms with Gasteiger partial charge in [-0.05, 0) is 17.7 Å². The van der Waals surface area contributed by atoms with Crippen LogP contribution in [0, 0.1) is 6.57 Å². The van der Waals surface area contributed by atoms with Crippen molar-refractivity contribution in [1.82, 2.24) is 29.1 Å². The third-order valence-electron chi connectivity index (χ3n) is 7.33. The summed E-state index contributed by atoms with van der Waals surface area (Å²) in [5.74, 6) is 0. The zero-order valence-corrected chi connectivity index (χ0v) is 25.4. The van der Waals surface area contributed by atoms with E-state index in [1.807, 2.05) is 71.0 Å². The Morgan fingerprint density at radius 1 is 1.02 bits per heavy atom. The Balaban J connectivity index is 1.30. The van der Waals surface area contributed by atoms with E-state index in [0.29, 0.717) is 29.4 Å². The molecule has 6 rings (SSSR count). The maximum atomic E-state index is 13.7. The van der Waals surface area contributed by atoms with Crippen molar-refractivity contribution in [2.75, 3.05) is 6.61 Å². The fraction of sp³-hybridized carbons (Fsp3) is 0.300. The number of aryl methyl sites for hydroxylation is 1. The van der Waals surface area contributed by atoms with Gasteiger partial charge in [0.1, 0.15) is 12.2 Å². The molecule has 0 bridgehead atoms. The SMILES string of the molecule is [C-]#[N+]C(c1ccccc1)c1nc2c(s1)c1cnn(Cc3cccc4c3cnn4COCC[Si](C)(C)C)c(=O)c1n2C. The van der Waals surface area contributed by atoms with Crippen LogP contribution < -0.4 is 5.56 Å². The third kappa shape index (κ3) is 5.10. The molecular formula is C30H31N7O2SSi. The van der Waals surface area contributed by atoms with Crippen LogP contribution in [0.15, 0.2) is 65.7 Å². The molecule has 0 spiro atoms. The highest BCUT2D eigenvalue weighted by molar-refractivity contribution is 7.19. The predicted octanol–water partition coefficient (Wildman–Crippen LogP) is 6.06. The Morgan fingerprint density at radius 3 is 2.54 bits per heavy atom. The summed E-state index contributed by atoms with van der Waals surface area (Å²) in [4.78, 5) is 22.3. The van der Waals surface area contributed by atoms with Crippen molar-refractivity contribution >= 4 is 51.6 Å². The van der Waals surface area contributed by atoms with Gasteiger partial charge in [0.2, 0.25) is 0 Å². The number of fused-ring (bicyclic) bond motifs is 4. The first-order valence-corrected chi connectivity index (χ1v) is 18.0. The van der Waals surface area contributed by atoms with E-state index in [1.165, 1.54) is 16.0 Å². The molecule has 0 fully saturated rings. The average molecular weight is 582 g/mol. The highest BCUT2D eigenvalue weighted by Crippen LogP contribution is 2.36.